The lowest BCUT2D eigenvalue weighted by Crippen LogP contribution is -2.49. The molecule has 1 saturated heterocycles. The zero-order chi connectivity index (χ0) is 16.4. The van der Waals surface area contributed by atoms with Gasteiger partial charge in [-0.3, -0.25) is 9.69 Å². The molecule has 120 valence electrons. The minimum absolute atomic E-state index is 0.236. The zero-order valence-electron chi connectivity index (χ0n) is 13.5. The number of aryl methyl sites for hydroxylation is 1. The van der Waals surface area contributed by atoms with Crippen LogP contribution in [0.5, 0.6) is 5.75 Å². The molecule has 0 radical (unpaired) electrons. The summed E-state index contributed by atoms with van der Waals surface area (Å²) < 4.78 is 5.47. The Bertz CT molecular complexity index is 720. The topological polar surface area (TPSA) is 49.8 Å². The summed E-state index contributed by atoms with van der Waals surface area (Å²) in [5, 5.41) is 8.99. The van der Waals surface area contributed by atoms with Crippen molar-refractivity contribution in [3.8, 4) is 16.9 Å². The average Bonchev–Trinajstić information content (AvgIpc) is 2.50. The highest BCUT2D eigenvalue weighted by molar-refractivity contribution is 5.72. The predicted molar refractivity (Wildman–Crippen MR) is 89.6 cm³/mol. The Hall–Kier alpha value is -2.33. The van der Waals surface area contributed by atoms with Crippen LogP contribution in [0.25, 0.3) is 11.1 Å². The van der Waals surface area contributed by atoms with Crippen LogP contribution in [-0.2, 0) is 11.3 Å². The van der Waals surface area contributed by atoms with Crippen LogP contribution in [0.4, 0.5) is 0 Å². The summed E-state index contributed by atoms with van der Waals surface area (Å²) in [5.74, 6) is -0.0940. The fourth-order valence-electron chi connectivity index (χ4n) is 3.06. The van der Waals surface area contributed by atoms with E-state index >= 15 is 0 Å². The molecule has 1 heterocycles. The lowest BCUT2D eigenvalue weighted by Gasteiger charge is -2.36. The number of methoxy groups -OCH3 is 1. The van der Waals surface area contributed by atoms with E-state index in [1.165, 1.54) is 11.1 Å². The Morgan fingerprint density at radius 2 is 2.00 bits per heavy atom. The molecule has 1 fully saturated rings. The van der Waals surface area contributed by atoms with Crippen molar-refractivity contribution in [2.45, 2.75) is 13.5 Å². The first kappa shape index (κ1) is 15.6. The van der Waals surface area contributed by atoms with Crippen LogP contribution < -0.4 is 4.74 Å². The minimum Gasteiger partial charge on any atom is -0.496 e. The standard InChI is InChI=1S/C19H21NO3/c1-13-5-3-4-6-17(13)14-7-8-18(23-2)15(9-14)10-20-11-16(12-20)19(21)22/h3-9,16H,10-12H2,1-2H3,(H,21,22). The smallest absolute Gasteiger partial charge is 0.309 e. The van der Waals surface area contributed by atoms with Gasteiger partial charge in [0, 0.05) is 25.2 Å². The first-order valence-corrected chi connectivity index (χ1v) is 7.76. The molecule has 4 nitrogen and oxygen atoms in total. The van der Waals surface area contributed by atoms with Gasteiger partial charge in [0.25, 0.3) is 0 Å². The first-order valence-electron chi connectivity index (χ1n) is 7.76. The van der Waals surface area contributed by atoms with Gasteiger partial charge in [-0.15, -0.1) is 0 Å². The molecule has 0 aromatic heterocycles. The molecule has 2 aromatic carbocycles. The van der Waals surface area contributed by atoms with Gasteiger partial charge in [0.15, 0.2) is 0 Å². The van der Waals surface area contributed by atoms with Crippen molar-refractivity contribution in [1.29, 1.82) is 0 Å². The highest BCUT2D eigenvalue weighted by atomic mass is 16.5. The first-order chi connectivity index (χ1) is 11.1. The largest absolute Gasteiger partial charge is 0.496 e. The Morgan fingerprint density at radius 1 is 1.26 bits per heavy atom. The summed E-state index contributed by atoms with van der Waals surface area (Å²) in [5.41, 5.74) is 4.70. The summed E-state index contributed by atoms with van der Waals surface area (Å²) >= 11 is 0. The van der Waals surface area contributed by atoms with Gasteiger partial charge in [-0.1, -0.05) is 30.3 Å². The molecule has 1 aliphatic heterocycles. The molecular formula is C19H21NO3. The number of aliphatic carboxylic acids is 1. The quantitative estimate of drug-likeness (QED) is 0.921. The third kappa shape index (κ3) is 3.22. The molecule has 4 heteroatoms. The maximum atomic E-state index is 10.9. The minimum atomic E-state index is -0.707. The van der Waals surface area contributed by atoms with Crippen molar-refractivity contribution in [3.63, 3.8) is 0 Å². The van der Waals surface area contributed by atoms with E-state index in [1.54, 1.807) is 7.11 Å². The highest BCUT2D eigenvalue weighted by Crippen LogP contribution is 2.30. The van der Waals surface area contributed by atoms with E-state index in [0.29, 0.717) is 19.6 Å². The average molecular weight is 311 g/mol. The zero-order valence-corrected chi connectivity index (χ0v) is 13.5. The van der Waals surface area contributed by atoms with Crippen molar-refractivity contribution in [1.82, 2.24) is 4.90 Å². The number of rotatable bonds is 5. The second kappa shape index (κ2) is 6.42. The molecule has 0 bridgehead atoms. The summed E-state index contributed by atoms with van der Waals surface area (Å²) in [4.78, 5) is 13.1. The molecule has 1 aliphatic rings. The lowest BCUT2D eigenvalue weighted by molar-refractivity contribution is -0.147. The summed E-state index contributed by atoms with van der Waals surface area (Å²) in [6, 6.07) is 14.5. The molecule has 0 spiro atoms. The van der Waals surface area contributed by atoms with Gasteiger partial charge in [0.05, 0.1) is 13.0 Å². The van der Waals surface area contributed by atoms with E-state index in [2.05, 4.69) is 36.1 Å². The predicted octanol–water partition coefficient (Wildman–Crippen LogP) is 3.19. The van der Waals surface area contributed by atoms with Gasteiger partial charge < -0.3 is 9.84 Å². The van der Waals surface area contributed by atoms with Crippen molar-refractivity contribution >= 4 is 5.97 Å². The monoisotopic (exact) mass is 311 g/mol. The number of likely N-dealkylation sites (tertiary alicyclic amines) is 1. The van der Waals surface area contributed by atoms with Crippen molar-refractivity contribution in [2.75, 3.05) is 20.2 Å². The van der Waals surface area contributed by atoms with Crippen molar-refractivity contribution in [2.24, 2.45) is 5.92 Å². The summed E-state index contributed by atoms with van der Waals surface area (Å²) in [6.45, 7) is 4.03. The fourth-order valence-corrected chi connectivity index (χ4v) is 3.06. The summed E-state index contributed by atoms with van der Waals surface area (Å²) in [7, 11) is 1.67. The fraction of sp³-hybridized carbons (Fsp3) is 0.316. The number of ether oxygens (including phenoxy) is 1. The Balaban J connectivity index is 1.83. The Kier molecular flexibility index (Phi) is 4.35. The molecule has 0 amide bonds. The number of carbonyl (C=O) groups is 1. The van der Waals surface area contributed by atoms with Crippen molar-refractivity contribution in [3.05, 3.63) is 53.6 Å². The molecule has 23 heavy (non-hydrogen) atoms. The van der Waals surface area contributed by atoms with Crippen LogP contribution in [0.15, 0.2) is 42.5 Å². The van der Waals surface area contributed by atoms with Crippen LogP contribution >= 0.6 is 0 Å². The van der Waals surface area contributed by atoms with E-state index < -0.39 is 5.97 Å². The number of nitrogens with zero attached hydrogens (tertiary/aromatic N) is 1. The van der Waals surface area contributed by atoms with E-state index in [0.717, 1.165) is 16.9 Å². The van der Waals surface area contributed by atoms with E-state index in [1.807, 2.05) is 18.2 Å². The van der Waals surface area contributed by atoms with E-state index in [-0.39, 0.29) is 5.92 Å². The number of hydrogen-bond donors (Lipinski definition) is 1. The van der Waals surface area contributed by atoms with Gasteiger partial charge in [0.1, 0.15) is 5.75 Å². The molecule has 1 N–H and O–H groups in total. The summed E-state index contributed by atoms with van der Waals surface area (Å²) in [6.07, 6.45) is 0. The molecule has 0 saturated carbocycles. The maximum absolute atomic E-state index is 10.9. The second-order valence-electron chi connectivity index (χ2n) is 6.07. The van der Waals surface area contributed by atoms with Gasteiger partial charge in [0.2, 0.25) is 0 Å². The third-order valence-electron chi connectivity index (χ3n) is 4.44. The van der Waals surface area contributed by atoms with E-state index in [9.17, 15) is 4.79 Å². The van der Waals surface area contributed by atoms with Crippen LogP contribution in [0.1, 0.15) is 11.1 Å². The normalized spacial score (nSPS) is 15.2. The molecule has 0 unspecified atom stereocenters. The van der Waals surface area contributed by atoms with Crippen LogP contribution in [0.2, 0.25) is 0 Å². The van der Waals surface area contributed by atoms with Gasteiger partial charge in [-0.05, 0) is 35.7 Å². The number of benzene rings is 2. The van der Waals surface area contributed by atoms with Crippen LogP contribution in [0, 0.1) is 12.8 Å². The SMILES string of the molecule is COc1ccc(-c2ccccc2C)cc1CN1CC(C(=O)O)C1. The van der Waals surface area contributed by atoms with E-state index in [4.69, 9.17) is 9.84 Å². The van der Waals surface area contributed by atoms with Crippen LogP contribution in [-0.4, -0.2) is 36.2 Å². The third-order valence-corrected chi connectivity index (χ3v) is 4.44. The second-order valence-corrected chi connectivity index (χ2v) is 6.07. The maximum Gasteiger partial charge on any atom is 0.309 e. The molecular weight excluding hydrogens is 290 g/mol. The number of carboxylic acids is 1. The Labute approximate surface area is 136 Å². The Morgan fingerprint density at radius 3 is 2.65 bits per heavy atom. The molecule has 2 aromatic rings. The molecule has 0 aliphatic carbocycles. The highest BCUT2D eigenvalue weighted by Gasteiger charge is 2.32. The van der Waals surface area contributed by atoms with Crippen LogP contribution in [0.3, 0.4) is 0 Å². The van der Waals surface area contributed by atoms with Gasteiger partial charge in [-0.25, -0.2) is 0 Å². The van der Waals surface area contributed by atoms with Crippen molar-refractivity contribution < 1.29 is 14.6 Å². The lowest BCUT2D eigenvalue weighted by atomic mass is 9.96. The van der Waals surface area contributed by atoms with Gasteiger partial charge >= 0.3 is 5.97 Å². The molecule has 3 rings (SSSR count). The van der Waals surface area contributed by atoms with Gasteiger partial charge in [-0.2, -0.15) is 0 Å². The number of hydrogen-bond acceptors (Lipinski definition) is 3. The molecule has 0 atom stereocenters. The number of carboxylic acid groups (broad SMARTS) is 1.